The van der Waals surface area contributed by atoms with Crippen molar-refractivity contribution in [3.8, 4) is 0 Å². The third-order valence-electron chi connectivity index (χ3n) is 8.80. The number of aromatic nitrogens is 2. The molecule has 6 N–H and O–H groups in total. The molecule has 0 spiro atoms. The minimum atomic E-state index is 0.593. The summed E-state index contributed by atoms with van der Waals surface area (Å²) >= 11 is 0. The number of hydrogen-bond donors (Lipinski definition) is 6. The van der Waals surface area contributed by atoms with Crippen molar-refractivity contribution < 1.29 is 0 Å². The van der Waals surface area contributed by atoms with Crippen LogP contribution < -0.4 is 31.9 Å². The van der Waals surface area contributed by atoms with Crippen LogP contribution in [0.1, 0.15) is 11.4 Å². The van der Waals surface area contributed by atoms with Crippen molar-refractivity contribution in [3.05, 3.63) is 229 Å². The Morgan fingerprint density at radius 1 is 0.250 bits per heavy atom. The molecule has 56 heavy (non-hydrogen) atoms. The highest BCUT2D eigenvalue weighted by molar-refractivity contribution is 5.93. The van der Waals surface area contributed by atoms with E-state index in [1.165, 1.54) is 0 Å². The molecule has 0 atom stereocenters. The first kappa shape index (κ1) is 35.2. The van der Waals surface area contributed by atoms with Gasteiger partial charge in [0.25, 0.3) is 0 Å². The number of fused-ring (bicyclic) bond motifs is 1. The molecule has 0 fully saturated rings. The fourth-order valence-electron chi connectivity index (χ4n) is 6.14. The molecule has 0 amide bonds. The van der Waals surface area contributed by atoms with Crippen molar-refractivity contribution in [1.29, 1.82) is 0 Å². The number of benzene rings is 7. The van der Waals surface area contributed by atoms with Gasteiger partial charge in [0.2, 0.25) is 0 Å². The predicted molar refractivity (Wildman–Crippen MR) is 234 cm³/mol. The van der Waals surface area contributed by atoms with Gasteiger partial charge in [0.15, 0.2) is 0 Å². The lowest BCUT2D eigenvalue weighted by Crippen LogP contribution is -2.22. The molecular formula is C48H40N8. The lowest BCUT2D eigenvalue weighted by atomic mass is 10.1. The third-order valence-corrected chi connectivity index (χ3v) is 8.80. The molecule has 0 unspecified atom stereocenters. The van der Waals surface area contributed by atoms with Gasteiger partial charge in [-0.05, 0) is 84.9 Å². The van der Waals surface area contributed by atoms with Crippen LogP contribution in [-0.4, -0.2) is 9.97 Å². The highest BCUT2D eigenvalue weighted by Crippen LogP contribution is 2.33. The van der Waals surface area contributed by atoms with Crippen LogP contribution in [0.15, 0.2) is 218 Å². The summed E-state index contributed by atoms with van der Waals surface area (Å²) in [6.07, 6.45) is 0. The molecule has 0 saturated heterocycles. The van der Waals surface area contributed by atoms with Gasteiger partial charge in [-0.1, -0.05) is 121 Å². The molecule has 7 aromatic carbocycles. The Labute approximate surface area is 326 Å². The van der Waals surface area contributed by atoms with E-state index in [1.54, 1.807) is 0 Å². The van der Waals surface area contributed by atoms with Crippen LogP contribution in [0.3, 0.4) is 0 Å². The zero-order chi connectivity index (χ0) is 37.8. The Morgan fingerprint density at radius 2 is 0.464 bits per heavy atom. The topological polar surface area (TPSA) is 98.0 Å². The number of para-hydroxylation sites is 8. The average molecular weight is 729 g/mol. The van der Waals surface area contributed by atoms with Gasteiger partial charge in [0, 0.05) is 34.1 Å². The van der Waals surface area contributed by atoms with Gasteiger partial charge in [-0.15, -0.1) is 0 Å². The molecule has 0 aliphatic heterocycles. The SMILES string of the molecule is c1ccc(NC(Nc2ccccc2)=C(Nc2ccccc2)c2nc3ccccc3nc2C(Nc2ccccc2)=C(Nc2ccccc2)Nc2ccccc2)cc1. The van der Waals surface area contributed by atoms with Crippen LogP contribution in [0, 0.1) is 0 Å². The van der Waals surface area contributed by atoms with E-state index < -0.39 is 0 Å². The zero-order valence-electron chi connectivity index (χ0n) is 30.5. The maximum absolute atomic E-state index is 5.44. The van der Waals surface area contributed by atoms with Crippen molar-refractivity contribution >= 4 is 56.6 Å². The Balaban J connectivity index is 1.44. The number of anilines is 6. The first-order valence-electron chi connectivity index (χ1n) is 18.4. The smallest absolute Gasteiger partial charge is 0.134 e. The fraction of sp³-hybridized carbons (Fsp3) is 0. The van der Waals surface area contributed by atoms with Crippen molar-refractivity contribution in [2.45, 2.75) is 0 Å². The van der Waals surface area contributed by atoms with Crippen LogP contribution in [0.2, 0.25) is 0 Å². The molecule has 1 aromatic heterocycles. The van der Waals surface area contributed by atoms with Crippen molar-refractivity contribution in [2.75, 3.05) is 31.9 Å². The first-order valence-corrected chi connectivity index (χ1v) is 18.4. The van der Waals surface area contributed by atoms with Crippen molar-refractivity contribution in [1.82, 2.24) is 9.97 Å². The summed E-state index contributed by atoms with van der Waals surface area (Å²) in [6, 6.07) is 68.5. The van der Waals surface area contributed by atoms with Crippen LogP contribution in [-0.2, 0) is 0 Å². The summed E-state index contributed by atoms with van der Waals surface area (Å²) < 4.78 is 0. The number of nitrogens with one attached hydrogen (secondary N) is 6. The lowest BCUT2D eigenvalue weighted by molar-refractivity contribution is 1.17. The second-order valence-electron chi connectivity index (χ2n) is 12.9. The second-order valence-corrected chi connectivity index (χ2v) is 12.9. The summed E-state index contributed by atoms with van der Waals surface area (Å²) in [4.78, 5) is 10.9. The van der Waals surface area contributed by atoms with E-state index in [4.69, 9.17) is 9.97 Å². The van der Waals surface area contributed by atoms with Gasteiger partial charge in [-0.3, -0.25) is 0 Å². The van der Waals surface area contributed by atoms with Crippen LogP contribution in [0.25, 0.3) is 22.4 Å². The Kier molecular flexibility index (Phi) is 10.9. The van der Waals surface area contributed by atoms with E-state index in [1.807, 2.05) is 206 Å². The number of nitrogens with zero attached hydrogens (tertiary/aromatic N) is 2. The average Bonchev–Trinajstić information content (AvgIpc) is 3.26. The Morgan fingerprint density at radius 3 is 0.714 bits per heavy atom. The van der Waals surface area contributed by atoms with Crippen molar-refractivity contribution in [2.24, 2.45) is 0 Å². The van der Waals surface area contributed by atoms with E-state index in [-0.39, 0.29) is 0 Å². The lowest BCUT2D eigenvalue weighted by Gasteiger charge is -2.25. The maximum atomic E-state index is 5.44. The number of rotatable bonds is 14. The first-order chi connectivity index (χ1) is 27.7. The molecule has 272 valence electrons. The molecule has 8 aromatic rings. The molecule has 1 heterocycles. The van der Waals surface area contributed by atoms with Crippen LogP contribution in [0.4, 0.5) is 34.1 Å². The maximum Gasteiger partial charge on any atom is 0.134 e. The van der Waals surface area contributed by atoms with Gasteiger partial charge in [-0.2, -0.15) is 0 Å². The minimum absolute atomic E-state index is 0.593. The molecular weight excluding hydrogens is 689 g/mol. The predicted octanol–water partition coefficient (Wildman–Crippen LogP) is 11.6. The third kappa shape index (κ3) is 8.85. The monoisotopic (exact) mass is 728 g/mol. The largest absolute Gasteiger partial charge is 0.351 e. The molecule has 0 saturated carbocycles. The molecule has 8 heteroatoms. The van der Waals surface area contributed by atoms with Crippen LogP contribution in [0.5, 0.6) is 0 Å². The molecule has 0 aliphatic carbocycles. The molecule has 0 radical (unpaired) electrons. The Bertz CT molecular complexity index is 2280. The summed E-state index contributed by atoms with van der Waals surface area (Å²) in [6.45, 7) is 0. The van der Waals surface area contributed by atoms with E-state index in [2.05, 4.69) is 31.9 Å². The molecule has 0 aliphatic rings. The molecule has 0 bridgehead atoms. The van der Waals surface area contributed by atoms with Crippen LogP contribution >= 0.6 is 0 Å². The van der Waals surface area contributed by atoms with E-state index in [0.29, 0.717) is 34.4 Å². The zero-order valence-corrected chi connectivity index (χ0v) is 30.5. The quantitative estimate of drug-likeness (QED) is 0.0659. The van der Waals surface area contributed by atoms with Gasteiger partial charge in [0.1, 0.15) is 34.4 Å². The highest BCUT2D eigenvalue weighted by atomic mass is 15.2. The number of hydrogen-bond acceptors (Lipinski definition) is 8. The fourth-order valence-corrected chi connectivity index (χ4v) is 6.14. The van der Waals surface area contributed by atoms with Gasteiger partial charge in [-0.25, -0.2) is 9.97 Å². The van der Waals surface area contributed by atoms with E-state index >= 15 is 0 Å². The normalized spacial score (nSPS) is 10.5. The summed E-state index contributed by atoms with van der Waals surface area (Å²) in [5, 5.41) is 22.3. The minimum Gasteiger partial charge on any atom is -0.351 e. The van der Waals surface area contributed by atoms with E-state index in [0.717, 1.165) is 45.2 Å². The van der Waals surface area contributed by atoms with E-state index in [9.17, 15) is 0 Å². The van der Waals surface area contributed by atoms with Gasteiger partial charge in [0.05, 0.1) is 11.0 Å². The standard InChI is InChI=1S/C48H40N8/c1-7-21-35(22-8-1)49-45(47(51-37-25-11-3-12-26-37)52-38-27-13-4-14-28-38)43-44(56-42-34-20-19-33-41(42)55-43)46(50-36-23-9-2-10-24-36)48(53-39-29-15-5-16-30-39)54-40-31-17-6-18-32-40/h1-34,49-54H. The van der Waals surface area contributed by atoms with Gasteiger partial charge >= 0.3 is 0 Å². The van der Waals surface area contributed by atoms with Gasteiger partial charge < -0.3 is 31.9 Å². The summed E-state index contributed by atoms with van der Waals surface area (Å²) in [5.74, 6) is 1.34. The molecule has 8 nitrogen and oxygen atoms in total. The van der Waals surface area contributed by atoms with Crippen molar-refractivity contribution in [3.63, 3.8) is 0 Å². The Hall–Kier alpha value is -7.84. The second kappa shape index (κ2) is 17.3. The summed E-state index contributed by atoms with van der Waals surface area (Å²) in [7, 11) is 0. The highest BCUT2D eigenvalue weighted by Gasteiger charge is 2.25. The summed E-state index contributed by atoms with van der Waals surface area (Å²) in [5.41, 5.74) is 9.32. The molecule has 8 rings (SSSR count).